The van der Waals surface area contributed by atoms with Crippen LogP contribution in [0.3, 0.4) is 0 Å². The third-order valence-corrected chi connectivity index (χ3v) is 2.88. The van der Waals surface area contributed by atoms with Gasteiger partial charge in [0, 0.05) is 12.6 Å². The number of aliphatic carboxylic acids is 1. The van der Waals surface area contributed by atoms with Crippen molar-refractivity contribution in [3.05, 3.63) is 23.1 Å². The molecule has 0 bridgehead atoms. The second kappa shape index (κ2) is 5.35. The second-order valence-electron chi connectivity index (χ2n) is 4.11. The van der Waals surface area contributed by atoms with Gasteiger partial charge >= 0.3 is 5.97 Å². The number of nitrogens with zero attached hydrogens (tertiary/aromatic N) is 3. The first-order chi connectivity index (χ1) is 8.61. The maximum atomic E-state index is 10.9. The second-order valence-corrected chi connectivity index (χ2v) is 4.54. The fraction of sp³-hybridized carbons (Fsp3) is 0.417. The molecule has 0 aliphatic heterocycles. The van der Waals surface area contributed by atoms with Crippen LogP contribution in [-0.4, -0.2) is 25.6 Å². The Morgan fingerprint density at radius 1 is 1.56 bits per heavy atom. The van der Waals surface area contributed by atoms with E-state index in [1.165, 1.54) is 6.20 Å². The molecular weight excluding hydrogens is 254 g/mol. The van der Waals surface area contributed by atoms with Gasteiger partial charge in [0.15, 0.2) is 5.65 Å². The number of unbranched alkanes of at least 4 members (excludes halogenated alkanes) is 1. The number of imidazole rings is 1. The van der Waals surface area contributed by atoms with Crippen LogP contribution in [0.4, 0.5) is 0 Å². The molecule has 0 aliphatic carbocycles. The van der Waals surface area contributed by atoms with Gasteiger partial charge in [-0.2, -0.15) is 0 Å². The van der Waals surface area contributed by atoms with Gasteiger partial charge in [0.25, 0.3) is 0 Å². The number of carboxylic acid groups (broad SMARTS) is 1. The lowest BCUT2D eigenvalue weighted by molar-refractivity contribution is -0.137. The first-order valence-electron chi connectivity index (χ1n) is 5.84. The predicted molar refractivity (Wildman–Crippen MR) is 68.8 cm³/mol. The third kappa shape index (κ3) is 2.61. The largest absolute Gasteiger partial charge is 0.480 e. The van der Waals surface area contributed by atoms with Crippen LogP contribution in [0.5, 0.6) is 0 Å². The molecular formula is C12H14ClN3O2. The van der Waals surface area contributed by atoms with E-state index < -0.39 is 5.97 Å². The standard InChI is InChI=1S/C12H14ClN3O2/c1-2-3-4-10-15-9-5-8(13)6-14-12(9)16(10)7-11(17)18/h5-6H,2-4,7H2,1H3,(H,17,18). The number of carboxylic acids is 1. The Labute approximate surface area is 109 Å². The number of carbonyl (C=O) groups is 1. The highest BCUT2D eigenvalue weighted by atomic mass is 35.5. The van der Waals surface area contributed by atoms with E-state index in [0.717, 1.165) is 25.1 Å². The minimum absolute atomic E-state index is 0.121. The van der Waals surface area contributed by atoms with Crippen LogP contribution in [0.25, 0.3) is 11.2 Å². The summed E-state index contributed by atoms with van der Waals surface area (Å²) >= 11 is 5.86. The van der Waals surface area contributed by atoms with Gasteiger partial charge in [-0.3, -0.25) is 4.79 Å². The molecule has 0 unspecified atom stereocenters. The van der Waals surface area contributed by atoms with E-state index in [0.29, 0.717) is 16.2 Å². The van der Waals surface area contributed by atoms with Crippen molar-refractivity contribution in [2.24, 2.45) is 0 Å². The Kier molecular flexibility index (Phi) is 3.81. The first-order valence-corrected chi connectivity index (χ1v) is 6.22. The molecule has 0 saturated carbocycles. The summed E-state index contributed by atoms with van der Waals surface area (Å²) in [7, 11) is 0. The van der Waals surface area contributed by atoms with Crippen LogP contribution in [0.1, 0.15) is 25.6 Å². The number of halogens is 1. The Morgan fingerprint density at radius 2 is 2.33 bits per heavy atom. The summed E-state index contributed by atoms with van der Waals surface area (Å²) < 4.78 is 1.64. The molecule has 6 heteroatoms. The number of fused-ring (bicyclic) bond motifs is 1. The quantitative estimate of drug-likeness (QED) is 0.904. The maximum absolute atomic E-state index is 10.9. The summed E-state index contributed by atoms with van der Waals surface area (Å²) in [6, 6.07) is 1.71. The van der Waals surface area contributed by atoms with E-state index in [1.54, 1.807) is 10.6 Å². The highest BCUT2D eigenvalue weighted by molar-refractivity contribution is 6.31. The fourth-order valence-electron chi connectivity index (χ4n) is 1.86. The molecule has 0 aromatic carbocycles. The lowest BCUT2D eigenvalue weighted by atomic mass is 10.2. The van der Waals surface area contributed by atoms with Crippen LogP contribution in [0.2, 0.25) is 5.02 Å². The van der Waals surface area contributed by atoms with E-state index in [-0.39, 0.29) is 6.54 Å². The molecule has 2 aromatic heterocycles. The molecule has 0 atom stereocenters. The minimum Gasteiger partial charge on any atom is -0.480 e. The molecule has 18 heavy (non-hydrogen) atoms. The SMILES string of the molecule is CCCCc1nc2cc(Cl)cnc2n1CC(=O)O. The summed E-state index contributed by atoms with van der Waals surface area (Å²) in [5, 5.41) is 9.45. The van der Waals surface area contributed by atoms with Gasteiger partial charge in [-0.1, -0.05) is 24.9 Å². The molecule has 2 aromatic rings. The fourth-order valence-corrected chi connectivity index (χ4v) is 2.01. The van der Waals surface area contributed by atoms with Crippen molar-refractivity contribution < 1.29 is 9.90 Å². The summed E-state index contributed by atoms with van der Waals surface area (Å²) in [5.74, 6) is -0.146. The number of aromatic nitrogens is 3. The molecule has 0 amide bonds. The number of hydrogen-bond donors (Lipinski definition) is 1. The van der Waals surface area contributed by atoms with Crippen LogP contribution in [0, 0.1) is 0 Å². The van der Waals surface area contributed by atoms with Crippen molar-refractivity contribution in [3.63, 3.8) is 0 Å². The Balaban J connectivity index is 2.49. The zero-order valence-corrected chi connectivity index (χ0v) is 10.8. The third-order valence-electron chi connectivity index (χ3n) is 2.68. The maximum Gasteiger partial charge on any atom is 0.323 e. The van der Waals surface area contributed by atoms with Crippen LogP contribution >= 0.6 is 11.6 Å². The summed E-state index contributed by atoms with van der Waals surface area (Å²) in [4.78, 5) is 19.5. The normalized spacial score (nSPS) is 11.0. The van der Waals surface area contributed by atoms with E-state index in [9.17, 15) is 4.79 Å². The van der Waals surface area contributed by atoms with Crippen molar-refractivity contribution in [1.82, 2.24) is 14.5 Å². The molecule has 0 aliphatic rings. The molecule has 5 nitrogen and oxygen atoms in total. The van der Waals surface area contributed by atoms with E-state index >= 15 is 0 Å². The molecule has 0 saturated heterocycles. The first kappa shape index (κ1) is 12.8. The van der Waals surface area contributed by atoms with Gasteiger partial charge in [0.1, 0.15) is 17.9 Å². The number of hydrogen-bond acceptors (Lipinski definition) is 3. The molecule has 1 N–H and O–H groups in total. The molecule has 2 heterocycles. The van der Waals surface area contributed by atoms with Gasteiger partial charge < -0.3 is 9.67 Å². The Morgan fingerprint density at radius 3 is 3.00 bits per heavy atom. The zero-order valence-electron chi connectivity index (χ0n) is 10.1. The van der Waals surface area contributed by atoms with Crippen LogP contribution in [-0.2, 0) is 17.8 Å². The smallest absolute Gasteiger partial charge is 0.323 e. The van der Waals surface area contributed by atoms with Gasteiger partial charge in [-0.25, -0.2) is 9.97 Å². The average Bonchev–Trinajstić information content (AvgIpc) is 2.63. The van der Waals surface area contributed by atoms with Crippen molar-refractivity contribution in [2.45, 2.75) is 32.7 Å². The van der Waals surface area contributed by atoms with Gasteiger partial charge in [-0.05, 0) is 12.5 Å². The van der Waals surface area contributed by atoms with E-state index in [2.05, 4.69) is 16.9 Å². The molecule has 0 fully saturated rings. The van der Waals surface area contributed by atoms with Crippen LogP contribution < -0.4 is 0 Å². The lowest BCUT2D eigenvalue weighted by Gasteiger charge is -2.04. The average molecular weight is 268 g/mol. The predicted octanol–water partition coefficient (Wildman–Crippen LogP) is 2.51. The highest BCUT2D eigenvalue weighted by Crippen LogP contribution is 2.19. The van der Waals surface area contributed by atoms with Crippen molar-refractivity contribution in [1.29, 1.82) is 0 Å². The zero-order chi connectivity index (χ0) is 13.1. The van der Waals surface area contributed by atoms with Crippen LogP contribution in [0.15, 0.2) is 12.3 Å². The number of aryl methyl sites for hydroxylation is 1. The molecule has 96 valence electrons. The van der Waals surface area contributed by atoms with Gasteiger partial charge in [-0.15, -0.1) is 0 Å². The number of rotatable bonds is 5. The summed E-state index contributed by atoms with van der Waals surface area (Å²) in [5.41, 5.74) is 1.22. The lowest BCUT2D eigenvalue weighted by Crippen LogP contribution is -2.12. The molecule has 2 rings (SSSR count). The highest BCUT2D eigenvalue weighted by Gasteiger charge is 2.14. The molecule has 0 radical (unpaired) electrons. The van der Waals surface area contributed by atoms with Gasteiger partial charge in [0.2, 0.25) is 0 Å². The topological polar surface area (TPSA) is 68.0 Å². The van der Waals surface area contributed by atoms with E-state index in [1.807, 2.05) is 0 Å². The minimum atomic E-state index is -0.899. The monoisotopic (exact) mass is 267 g/mol. The number of pyridine rings is 1. The van der Waals surface area contributed by atoms with Gasteiger partial charge in [0.05, 0.1) is 5.02 Å². The summed E-state index contributed by atoms with van der Waals surface area (Å²) in [6.07, 6.45) is 4.26. The van der Waals surface area contributed by atoms with Crippen molar-refractivity contribution in [3.8, 4) is 0 Å². The van der Waals surface area contributed by atoms with Crippen molar-refractivity contribution >= 4 is 28.7 Å². The molecule has 0 spiro atoms. The van der Waals surface area contributed by atoms with E-state index in [4.69, 9.17) is 16.7 Å². The Hall–Kier alpha value is -1.62. The summed E-state index contributed by atoms with van der Waals surface area (Å²) in [6.45, 7) is 1.96. The van der Waals surface area contributed by atoms with Crippen molar-refractivity contribution in [2.75, 3.05) is 0 Å². The Bertz CT molecular complexity index is 580.